The molecule has 0 radical (unpaired) electrons. The maximum atomic E-state index is 13.6. The molecule has 0 saturated carbocycles. The zero-order chi connectivity index (χ0) is 17.7. The Morgan fingerprint density at radius 2 is 1.58 bits per heavy atom. The van der Waals surface area contributed by atoms with Crippen LogP contribution in [0.5, 0.6) is 0 Å². The molecule has 0 aliphatic rings. The van der Waals surface area contributed by atoms with Gasteiger partial charge in [0.05, 0.1) is 5.56 Å². The van der Waals surface area contributed by atoms with Crippen LogP contribution in [0.15, 0.2) is 36.4 Å². The molecule has 7 heteroatoms. The molecule has 0 heterocycles. The molecule has 128 valence electrons. The van der Waals surface area contributed by atoms with Crippen LogP contribution in [-0.4, -0.2) is 38.0 Å². The van der Waals surface area contributed by atoms with Crippen molar-refractivity contribution < 1.29 is 18.0 Å². The number of anilines is 2. The van der Waals surface area contributed by atoms with E-state index < -0.39 is 28.9 Å². The number of halogens is 3. The van der Waals surface area contributed by atoms with Gasteiger partial charge in [0.1, 0.15) is 0 Å². The average Bonchev–Trinajstić information content (AvgIpc) is 2.54. The van der Waals surface area contributed by atoms with Crippen LogP contribution in [0.2, 0.25) is 0 Å². The highest BCUT2D eigenvalue weighted by atomic mass is 19.2. The third-order valence-corrected chi connectivity index (χ3v) is 3.31. The minimum absolute atomic E-state index is 0.419. The molecular weight excluding hydrogens is 319 g/mol. The van der Waals surface area contributed by atoms with E-state index >= 15 is 0 Å². The zero-order valence-electron chi connectivity index (χ0n) is 13.4. The number of likely N-dealkylation sites (N-methyl/N-ethyl adjacent to an activating group) is 1. The quantitative estimate of drug-likeness (QED) is 0.795. The summed E-state index contributed by atoms with van der Waals surface area (Å²) in [6.07, 6.45) is 0. The Bertz CT molecular complexity index is 718. The van der Waals surface area contributed by atoms with Crippen LogP contribution in [-0.2, 0) is 0 Å². The standard InChI is InChI=1S/C17H18F3N3O/c1-23(2)10-9-21-11-3-5-12(6-4-11)22-17(24)13-7-8-14(18)16(20)15(13)19/h3-8,21H,9-10H2,1-2H3,(H,22,24). The fourth-order valence-electron chi connectivity index (χ4n) is 1.99. The lowest BCUT2D eigenvalue weighted by molar-refractivity contribution is 0.102. The molecule has 0 spiro atoms. The molecule has 2 rings (SSSR count). The van der Waals surface area contributed by atoms with Crippen LogP contribution in [0.25, 0.3) is 0 Å². The Hall–Kier alpha value is -2.54. The Balaban J connectivity index is 2.01. The highest BCUT2D eigenvalue weighted by Gasteiger charge is 2.18. The van der Waals surface area contributed by atoms with Crippen molar-refractivity contribution in [2.75, 3.05) is 37.8 Å². The average molecular weight is 337 g/mol. The van der Waals surface area contributed by atoms with Crippen molar-refractivity contribution in [2.24, 2.45) is 0 Å². The predicted molar refractivity (Wildman–Crippen MR) is 87.8 cm³/mol. The van der Waals surface area contributed by atoms with Crippen molar-refractivity contribution in [1.82, 2.24) is 4.90 Å². The van der Waals surface area contributed by atoms with Gasteiger partial charge in [-0.2, -0.15) is 0 Å². The highest BCUT2D eigenvalue weighted by molar-refractivity contribution is 6.04. The van der Waals surface area contributed by atoms with Crippen LogP contribution in [0.4, 0.5) is 24.5 Å². The molecule has 2 N–H and O–H groups in total. The Morgan fingerprint density at radius 1 is 0.958 bits per heavy atom. The molecular formula is C17H18F3N3O. The van der Waals surface area contributed by atoms with Crippen molar-refractivity contribution in [3.8, 4) is 0 Å². The first-order chi connectivity index (χ1) is 11.4. The first-order valence-corrected chi connectivity index (χ1v) is 7.32. The number of nitrogens with zero attached hydrogens (tertiary/aromatic N) is 1. The van der Waals surface area contributed by atoms with E-state index in [1.807, 2.05) is 19.0 Å². The van der Waals surface area contributed by atoms with E-state index in [9.17, 15) is 18.0 Å². The van der Waals surface area contributed by atoms with Crippen molar-refractivity contribution in [2.45, 2.75) is 0 Å². The fraction of sp³-hybridized carbons (Fsp3) is 0.235. The highest BCUT2D eigenvalue weighted by Crippen LogP contribution is 2.18. The van der Waals surface area contributed by atoms with Gasteiger partial charge in [0.25, 0.3) is 5.91 Å². The summed E-state index contributed by atoms with van der Waals surface area (Å²) in [7, 11) is 3.94. The summed E-state index contributed by atoms with van der Waals surface area (Å²) in [5, 5.41) is 5.65. The van der Waals surface area contributed by atoms with Gasteiger partial charge >= 0.3 is 0 Å². The smallest absolute Gasteiger partial charge is 0.258 e. The number of rotatable bonds is 6. The van der Waals surface area contributed by atoms with Crippen molar-refractivity contribution in [3.63, 3.8) is 0 Å². The molecule has 1 amide bonds. The van der Waals surface area contributed by atoms with Gasteiger partial charge in [0.15, 0.2) is 17.5 Å². The van der Waals surface area contributed by atoms with Gasteiger partial charge < -0.3 is 15.5 Å². The second-order valence-corrected chi connectivity index (χ2v) is 5.48. The van der Waals surface area contributed by atoms with Crippen molar-refractivity contribution >= 4 is 17.3 Å². The third-order valence-electron chi connectivity index (χ3n) is 3.31. The van der Waals surface area contributed by atoms with E-state index in [4.69, 9.17) is 0 Å². The van der Waals surface area contributed by atoms with Crippen LogP contribution in [0.1, 0.15) is 10.4 Å². The number of carbonyl (C=O) groups excluding carboxylic acids is 1. The molecule has 24 heavy (non-hydrogen) atoms. The molecule has 4 nitrogen and oxygen atoms in total. The summed E-state index contributed by atoms with van der Waals surface area (Å²) < 4.78 is 39.7. The monoisotopic (exact) mass is 337 g/mol. The molecule has 0 atom stereocenters. The summed E-state index contributed by atoms with van der Waals surface area (Å²) in [5.74, 6) is -5.35. The summed E-state index contributed by atoms with van der Waals surface area (Å²) in [5.41, 5.74) is 0.734. The zero-order valence-corrected chi connectivity index (χ0v) is 13.4. The minimum atomic E-state index is -1.66. The lowest BCUT2D eigenvalue weighted by atomic mass is 10.1. The summed E-state index contributed by atoms with van der Waals surface area (Å²) in [4.78, 5) is 14.0. The van der Waals surface area contributed by atoms with Gasteiger partial charge in [-0.1, -0.05) is 0 Å². The van der Waals surface area contributed by atoms with Crippen LogP contribution in [0.3, 0.4) is 0 Å². The Morgan fingerprint density at radius 3 is 2.21 bits per heavy atom. The van der Waals surface area contributed by atoms with Gasteiger partial charge in [0, 0.05) is 24.5 Å². The van der Waals surface area contributed by atoms with Gasteiger partial charge in [-0.15, -0.1) is 0 Å². The van der Waals surface area contributed by atoms with E-state index in [0.29, 0.717) is 11.8 Å². The van der Waals surface area contributed by atoms with Gasteiger partial charge in [-0.05, 0) is 50.5 Å². The molecule has 0 unspecified atom stereocenters. The third kappa shape index (κ3) is 4.48. The summed E-state index contributed by atoms with van der Waals surface area (Å²) in [6, 6.07) is 8.40. The normalized spacial score (nSPS) is 10.8. The van der Waals surface area contributed by atoms with E-state index in [0.717, 1.165) is 24.8 Å². The second-order valence-electron chi connectivity index (χ2n) is 5.48. The Labute approximate surface area is 138 Å². The number of hydrogen-bond acceptors (Lipinski definition) is 3. The molecule has 0 aliphatic heterocycles. The lowest BCUT2D eigenvalue weighted by Gasteiger charge is -2.12. The van der Waals surface area contributed by atoms with Crippen molar-refractivity contribution in [1.29, 1.82) is 0 Å². The summed E-state index contributed by atoms with van der Waals surface area (Å²) in [6.45, 7) is 1.63. The van der Waals surface area contributed by atoms with Crippen LogP contribution >= 0.6 is 0 Å². The van der Waals surface area contributed by atoms with E-state index in [1.165, 1.54) is 0 Å². The van der Waals surface area contributed by atoms with Crippen LogP contribution < -0.4 is 10.6 Å². The number of nitrogens with one attached hydrogen (secondary N) is 2. The topological polar surface area (TPSA) is 44.4 Å². The first kappa shape index (κ1) is 17.8. The van der Waals surface area contributed by atoms with E-state index in [-0.39, 0.29) is 0 Å². The van der Waals surface area contributed by atoms with Crippen LogP contribution in [0, 0.1) is 17.5 Å². The molecule has 0 fully saturated rings. The van der Waals surface area contributed by atoms with E-state index in [1.54, 1.807) is 24.3 Å². The molecule has 0 aromatic heterocycles. The summed E-state index contributed by atoms with van der Waals surface area (Å²) >= 11 is 0. The molecule has 2 aromatic carbocycles. The Kier molecular flexibility index (Phi) is 5.81. The SMILES string of the molecule is CN(C)CCNc1ccc(NC(=O)c2ccc(F)c(F)c2F)cc1. The van der Waals surface area contributed by atoms with Gasteiger partial charge in [0.2, 0.25) is 0 Å². The molecule has 0 aliphatic carbocycles. The largest absolute Gasteiger partial charge is 0.384 e. The van der Waals surface area contributed by atoms with Gasteiger partial charge in [-0.3, -0.25) is 4.79 Å². The predicted octanol–water partition coefficient (Wildman–Crippen LogP) is 3.33. The lowest BCUT2D eigenvalue weighted by Crippen LogP contribution is -2.20. The fourth-order valence-corrected chi connectivity index (χ4v) is 1.99. The number of amides is 1. The molecule has 0 bridgehead atoms. The first-order valence-electron chi connectivity index (χ1n) is 7.32. The number of benzene rings is 2. The van der Waals surface area contributed by atoms with Crippen molar-refractivity contribution in [3.05, 3.63) is 59.4 Å². The van der Waals surface area contributed by atoms with Gasteiger partial charge in [-0.25, -0.2) is 13.2 Å². The molecule has 0 saturated heterocycles. The molecule has 2 aromatic rings. The second kappa shape index (κ2) is 7.83. The number of hydrogen-bond donors (Lipinski definition) is 2. The minimum Gasteiger partial charge on any atom is -0.384 e. The maximum absolute atomic E-state index is 13.6. The maximum Gasteiger partial charge on any atom is 0.258 e. The van der Waals surface area contributed by atoms with E-state index in [2.05, 4.69) is 10.6 Å². The number of carbonyl (C=O) groups is 1.